The van der Waals surface area contributed by atoms with Crippen molar-refractivity contribution >= 4 is 8.07 Å². The van der Waals surface area contributed by atoms with E-state index in [1.165, 1.54) is 0 Å². The van der Waals surface area contributed by atoms with E-state index in [-0.39, 0.29) is 13.2 Å². The lowest BCUT2D eigenvalue weighted by Gasteiger charge is -2.61. The Morgan fingerprint density at radius 3 is 1.59 bits per heavy atom. The van der Waals surface area contributed by atoms with Crippen LogP contribution in [-0.4, -0.2) is 54.2 Å². The molecular weight excluding hydrogens is 532 g/mol. The van der Waals surface area contributed by atoms with Crippen LogP contribution in [0.25, 0.3) is 0 Å². The van der Waals surface area contributed by atoms with Gasteiger partial charge in [-0.05, 0) is 23.6 Å². The predicted octanol–water partition coefficient (Wildman–Crippen LogP) is 6.26. The number of aliphatic hydroxyl groups excluding tert-OH is 1. The zero-order valence-corrected chi connectivity index (χ0v) is 25.9. The fourth-order valence-electron chi connectivity index (χ4n) is 6.33. The SMILES string of the molecule is CC[Si](CC)(CC)[C@]1(O)O[C@H](CO)[C@@H](OCc2ccccc2)[C@H](OCc2ccccc2)[C@]1(C)OCc1ccccc1. The average Bonchev–Trinajstić information content (AvgIpc) is 3.02. The highest BCUT2D eigenvalue weighted by Gasteiger charge is 2.70. The van der Waals surface area contributed by atoms with Gasteiger partial charge >= 0.3 is 0 Å². The normalized spacial score (nSPS) is 26.6. The smallest absolute Gasteiger partial charge is 0.179 e. The number of hydrogen-bond acceptors (Lipinski definition) is 6. The molecule has 0 radical (unpaired) electrons. The zero-order chi connectivity index (χ0) is 29.3. The summed E-state index contributed by atoms with van der Waals surface area (Å²) in [6.07, 6.45) is -2.22. The second-order valence-electron chi connectivity index (χ2n) is 11.2. The van der Waals surface area contributed by atoms with Gasteiger partial charge in [-0.3, -0.25) is 0 Å². The molecule has 0 spiro atoms. The van der Waals surface area contributed by atoms with Gasteiger partial charge in [0.25, 0.3) is 0 Å². The molecule has 1 aliphatic rings. The number of aliphatic hydroxyl groups is 2. The topological polar surface area (TPSA) is 77.4 Å². The maximum absolute atomic E-state index is 12.9. The van der Waals surface area contributed by atoms with Crippen LogP contribution >= 0.6 is 0 Å². The van der Waals surface area contributed by atoms with Crippen molar-refractivity contribution in [2.75, 3.05) is 6.61 Å². The molecule has 3 aromatic carbocycles. The molecule has 5 atom stereocenters. The van der Waals surface area contributed by atoms with E-state index in [1.807, 2.05) is 97.9 Å². The summed E-state index contributed by atoms with van der Waals surface area (Å²) in [6, 6.07) is 32.2. The van der Waals surface area contributed by atoms with Crippen molar-refractivity contribution in [2.24, 2.45) is 0 Å². The van der Waals surface area contributed by atoms with E-state index < -0.39 is 37.4 Å². The van der Waals surface area contributed by atoms with Gasteiger partial charge < -0.3 is 29.2 Å². The van der Waals surface area contributed by atoms with E-state index >= 15 is 0 Å². The summed E-state index contributed by atoms with van der Waals surface area (Å²) in [5.74, 6) is 0. The molecular formula is C34H46O6Si. The molecule has 7 heteroatoms. The molecule has 4 rings (SSSR count). The van der Waals surface area contributed by atoms with Gasteiger partial charge in [0.1, 0.15) is 32.0 Å². The van der Waals surface area contributed by atoms with Crippen LogP contribution in [0.5, 0.6) is 0 Å². The van der Waals surface area contributed by atoms with Crippen molar-refractivity contribution < 1.29 is 29.2 Å². The van der Waals surface area contributed by atoms with E-state index in [2.05, 4.69) is 20.8 Å². The summed E-state index contributed by atoms with van der Waals surface area (Å²) in [7, 11) is -2.58. The largest absolute Gasteiger partial charge is 0.394 e. The second kappa shape index (κ2) is 14.2. The van der Waals surface area contributed by atoms with Gasteiger partial charge in [0.05, 0.1) is 26.4 Å². The minimum atomic E-state index is -2.58. The van der Waals surface area contributed by atoms with E-state index in [0.717, 1.165) is 34.8 Å². The third-order valence-electron chi connectivity index (χ3n) is 9.07. The Morgan fingerprint density at radius 2 is 1.15 bits per heavy atom. The first-order chi connectivity index (χ1) is 19.9. The van der Waals surface area contributed by atoms with Crippen LogP contribution in [0.4, 0.5) is 0 Å². The average molecular weight is 579 g/mol. The number of benzene rings is 3. The first-order valence-electron chi connectivity index (χ1n) is 14.9. The maximum Gasteiger partial charge on any atom is 0.179 e. The van der Waals surface area contributed by atoms with Crippen LogP contribution in [0.15, 0.2) is 91.0 Å². The van der Waals surface area contributed by atoms with Gasteiger partial charge in [0.15, 0.2) is 5.41 Å². The molecule has 0 amide bonds. The lowest BCUT2D eigenvalue weighted by atomic mass is 9.86. The Balaban J connectivity index is 1.80. The first kappa shape index (κ1) is 31.6. The van der Waals surface area contributed by atoms with Gasteiger partial charge in [-0.25, -0.2) is 0 Å². The van der Waals surface area contributed by atoms with Crippen molar-refractivity contribution in [2.45, 2.75) is 95.0 Å². The van der Waals surface area contributed by atoms with Crippen LogP contribution in [0.1, 0.15) is 44.4 Å². The van der Waals surface area contributed by atoms with E-state index in [9.17, 15) is 10.2 Å². The lowest BCUT2D eigenvalue weighted by molar-refractivity contribution is -0.377. The van der Waals surface area contributed by atoms with E-state index in [0.29, 0.717) is 13.2 Å². The van der Waals surface area contributed by atoms with Crippen LogP contribution in [0.2, 0.25) is 18.1 Å². The number of rotatable bonds is 14. The van der Waals surface area contributed by atoms with Crippen molar-refractivity contribution in [3.63, 3.8) is 0 Å². The molecule has 1 heterocycles. The molecule has 0 saturated carbocycles. The Bertz CT molecular complexity index is 1170. The highest BCUT2D eigenvalue weighted by Crippen LogP contribution is 2.50. The summed E-state index contributed by atoms with van der Waals surface area (Å²) in [6.45, 7) is 8.86. The quantitative estimate of drug-likeness (QED) is 0.220. The van der Waals surface area contributed by atoms with Gasteiger partial charge in [-0.1, -0.05) is 130 Å². The zero-order valence-electron chi connectivity index (χ0n) is 24.9. The third kappa shape index (κ3) is 6.52. The molecule has 6 nitrogen and oxygen atoms in total. The van der Waals surface area contributed by atoms with Crippen LogP contribution in [0, 0.1) is 0 Å². The van der Waals surface area contributed by atoms with Crippen LogP contribution in [-0.2, 0) is 38.8 Å². The molecule has 1 aliphatic heterocycles. The van der Waals surface area contributed by atoms with E-state index in [4.69, 9.17) is 18.9 Å². The minimum Gasteiger partial charge on any atom is -0.394 e. The molecule has 2 N–H and O–H groups in total. The Morgan fingerprint density at radius 1 is 0.707 bits per heavy atom. The highest BCUT2D eigenvalue weighted by molar-refractivity contribution is 6.82. The molecule has 0 unspecified atom stereocenters. The van der Waals surface area contributed by atoms with Crippen molar-refractivity contribution in [1.29, 1.82) is 0 Å². The molecule has 222 valence electrons. The number of ether oxygens (including phenoxy) is 4. The Labute approximate surface area is 246 Å². The summed E-state index contributed by atoms with van der Waals surface area (Å²) in [5, 5.41) is 23.6. The summed E-state index contributed by atoms with van der Waals surface area (Å²) in [5.41, 5.74) is 0.0481. The van der Waals surface area contributed by atoms with Gasteiger partial charge in [-0.2, -0.15) is 0 Å². The van der Waals surface area contributed by atoms with Crippen molar-refractivity contribution in [1.82, 2.24) is 0 Å². The fraction of sp³-hybridized carbons (Fsp3) is 0.471. The summed E-state index contributed by atoms with van der Waals surface area (Å²) < 4.78 is 26.8. The van der Waals surface area contributed by atoms with Crippen LogP contribution in [0.3, 0.4) is 0 Å². The molecule has 1 fully saturated rings. The maximum atomic E-state index is 12.9. The summed E-state index contributed by atoms with van der Waals surface area (Å²) >= 11 is 0. The second-order valence-corrected chi connectivity index (χ2v) is 16.5. The third-order valence-corrected chi connectivity index (χ3v) is 15.2. The molecule has 0 bridgehead atoms. The van der Waals surface area contributed by atoms with Gasteiger partial charge in [0.2, 0.25) is 0 Å². The van der Waals surface area contributed by atoms with E-state index in [1.54, 1.807) is 0 Å². The van der Waals surface area contributed by atoms with Crippen LogP contribution < -0.4 is 0 Å². The predicted molar refractivity (Wildman–Crippen MR) is 164 cm³/mol. The summed E-state index contributed by atoms with van der Waals surface area (Å²) in [4.78, 5) is 0. The first-order valence-corrected chi connectivity index (χ1v) is 17.5. The molecule has 0 aromatic heterocycles. The van der Waals surface area contributed by atoms with Crippen molar-refractivity contribution in [3.8, 4) is 0 Å². The van der Waals surface area contributed by atoms with Crippen molar-refractivity contribution in [3.05, 3.63) is 108 Å². The highest BCUT2D eigenvalue weighted by atomic mass is 28.3. The minimum absolute atomic E-state index is 0.269. The molecule has 3 aromatic rings. The number of hydrogen-bond donors (Lipinski definition) is 2. The molecule has 41 heavy (non-hydrogen) atoms. The molecule has 1 saturated heterocycles. The van der Waals surface area contributed by atoms with Gasteiger partial charge in [0, 0.05) is 0 Å². The molecule has 0 aliphatic carbocycles. The van der Waals surface area contributed by atoms with Gasteiger partial charge in [-0.15, -0.1) is 0 Å². The lowest BCUT2D eigenvalue weighted by Crippen LogP contribution is -2.81. The Kier molecular flexibility index (Phi) is 10.9. The fourth-order valence-corrected chi connectivity index (χ4v) is 10.9. The standard InChI is InChI=1S/C34H46O6Si/c1-5-41(6-2,7-3)34(36)33(4,39-26-29-21-15-10-16-22-29)32(38-25-28-19-13-9-14-20-28)31(30(23-35)40-34)37-24-27-17-11-8-12-18-27/h8-22,30-32,35-36H,5-7,23-26H2,1-4H3/t30-,31-,32+,33+,34-/m1/s1. The Hall–Kier alpha value is -2.36. The monoisotopic (exact) mass is 578 g/mol.